The number of ether oxygens (including phenoxy) is 2. The molecule has 0 unspecified atom stereocenters. The SMILES string of the molecule is CC1=NN(C)CC1.CC1=NN(C)CCC1.CC1=NN(C)CCO1.CC1=NN(C)CCS1.CC1=NN(C)CO1.CC1=NN(C)CS1.Cc1nsc(C)n1.Cc1nsc(C)n1. The van der Waals surface area contributed by atoms with Crippen molar-refractivity contribution in [3.05, 3.63) is 21.7 Å². The third kappa shape index (κ3) is 29.2. The molecule has 0 saturated heterocycles. The molecule has 0 fully saturated rings. The molecule has 0 atom stereocenters. The van der Waals surface area contributed by atoms with Crippen molar-refractivity contribution >= 4 is 79.9 Å². The van der Waals surface area contributed by atoms with Gasteiger partial charge in [-0.1, -0.05) is 11.8 Å². The number of aromatic nitrogens is 4. The molecule has 8 rings (SSSR count). The fraction of sp³-hybridized carbons (Fsp3) is 0.730. The van der Waals surface area contributed by atoms with Crippen LogP contribution >= 0.6 is 46.6 Å². The number of hydrogen-bond donors (Lipinski definition) is 0. The summed E-state index contributed by atoms with van der Waals surface area (Å²) in [6, 6.07) is 0. The number of aryl methyl sites for hydroxylation is 4. The monoisotopic (exact) mass is 898 g/mol. The molecule has 8 heterocycles. The Balaban J connectivity index is 0.000000337. The zero-order valence-corrected chi connectivity index (χ0v) is 41.6. The first-order valence-corrected chi connectivity index (χ1v) is 22.9. The van der Waals surface area contributed by atoms with Crippen molar-refractivity contribution in [2.24, 2.45) is 30.6 Å². The van der Waals surface area contributed by atoms with Crippen LogP contribution in [0.2, 0.25) is 0 Å². The molecular weight excluding hydrogens is 829 g/mol. The summed E-state index contributed by atoms with van der Waals surface area (Å²) in [7, 11) is 11.8. The molecular formula is C37H70N16O2S4. The van der Waals surface area contributed by atoms with E-state index in [-0.39, 0.29) is 0 Å². The molecule has 59 heavy (non-hydrogen) atoms. The van der Waals surface area contributed by atoms with Crippen LogP contribution in [0.1, 0.15) is 82.5 Å². The maximum Gasteiger partial charge on any atom is 0.204 e. The van der Waals surface area contributed by atoms with Crippen LogP contribution in [0, 0.1) is 27.7 Å². The molecule has 18 nitrogen and oxygen atoms in total. The zero-order valence-electron chi connectivity index (χ0n) is 38.4. The molecule has 0 amide bonds. The highest BCUT2D eigenvalue weighted by atomic mass is 32.2. The molecule has 0 bridgehead atoms. The Morgan fingerprint density at radius 2 is 0.966 bits per heavy atom. The first-order chi connectivity index (χ1) is 27.8. The summed E-state index contributed by atoms with van der Waals surface area (Å²) in [6.07, 6.45) is 3.60. The normalized spacial score (nSPS) is 17.6. The fourth-order valence-electron chi connectivity index (χ4n) is 4.73. The van der Waals surface area contributed by atoms with E-state index in [1.807, 2.05) is 134 Å². The predicted octanol–water partition coefficient (Wildman–Crippen LogP) is 6.57. The van der Waals surface area contributed by atoms with E-state index >= 15 is 0 Å². The number of likely N-dealkylation sites (N-methyl/N-ethyl adjacent to an activating group) is 1. The number of rotatable bonds is 0. The molecule has 0 aromatic carbocycles. The van der Waals surface area contributed by atoms with Crippen molar-refractivity contribution in [1.29, 1.82) is 0 Å². The summed E-state index contributed by atoms with van der Waals surface area (Å²) in [5.74, 6) is 5.48. The molecule has 0 spiro atoms. The van der Waals surface area contributed by atoms with Crippen molar-refractivity contribution in [3.8, 4) is 0 Å². The summed E-state index contributed by atoms with van der Waals surface area (Å²) < 4.78 is 17.9. The molecule has 0 radical (unpaired) electrons. The second-order valence-electron chi connectivity index (χ2n) is 13.8. The van der Waals surface area contributed by atoms with E-state index in [1.165, 1.54) is 63.2 Å². The fourth-order valence-corrected chi connectivity index (χ4v) is 7.16. The van der Waals surface area contributed by atoms with Crippen LogP contribution in [0.5, 0.6) is 0 Å². The summed E-state index contributed by atoms with van der Waals surface area (Å²) >= 11 is 6.50. The van der Waals surface area contributed by atoms with Crippen LogP contribution in [0.15, 0.2) is 30.6 Å². The van der Waals surface area contributed by atoms with Gasteiger partial charge < -0.3 is 14.5 Å². The van der Waals surface area contributed by atoms with Crippen molar-refractivity contribution < 1.29 is 9.47 Å². The lowest BCUT2D eigenvalue weighted by Gasteiger charge is -2.19. The Kier molecular flexibility index (Phi) is 27.3. The average Bonchev–Trinajstić information content (AvgIpc) is 4.00. The molecule has 22 heteroatoms. The zero-order chi connectivity index (χ0) is 44.3. The first kappa shape index (κ1) is 53.3. The maximum absolute atomic E-state index is 5.06. The second kappa shape index (κ2) is 30.3. The van der Waals surface area contributed by atoms with Gasteiger partial charge in [-0.05, 0) is 91.3 Å². The van der Waals surface area contributed by atoms with Crippen LogP contribution in [0.3, 0.4) is 0 Å². The van der Waals surface area contributed by atoms with Gasteiger partial charge in [0.2, 0.25) is 11.8 Å². The lowest BCUT2D eigenvalue weighted by Crippen LogP contribution is -2.25. The van der Waals surface area contributed by atoms with Crippen molar-refractivity contribution in [3.63, 3.8) is 0 Å². The highest BCUT2D eigenvalue weighted by Crippen LogP contribution is 2.13. The van der Waals surface area contributed by atoms with Gasteiger partial charge in [0, 0.05) is 99.4 Å². The number of hydrazone groups is 6. The van der Waals surface area contributed by atoms with Gasteiger partial charge in [-0.2, -0.15) is 29.2 Å². The quantitative estimate of drug-likeness (QED) is 0.279. The third-order valence-corrected chi connectivity index (χ3v) is 10.7. The third-order valence-electron chi connectivity index (χ3n) is 7.38. The second-order valence-corrected chi connectivity index (χ2v) is 18.1. The van der Waals surface area contributed by atoms with Gasteiger partial charge in [-0.15, -0.1) is 22.0 Å². The molecule has 6 aliphatic rings. The van der Waals surface area contributed by atoms with Crippen LogP contribution in [-0.2, 0) is 9.47 Å². The molecule has 0 aliphatic carbocycles. The molecule has 0 N–H and O–H groups in total. The van der Waals surface area contributed by atoms with Crippen LogP contribution in [-0.4, -0.2) is 176 Å². The summed E-state index contributed by atoms with van der Waals surface area (Å²) in [6.45, 7) is 25.2. The van der Waals surface area contributed by atoms with E-state index in [9.17, 15) is 0 Å². The smallest absolute Gasteiger partial charge is 0.204 e. The Morgan fingerprint density at radius 3 is 1.19 bits per heavy atom. The maximum atomic E-state index is 5.06. The Morgan fingerprint density at radius 1 is 0.475 bits per heavy atom. The Bertz CT molecular complexity index is 1460. The van der Waals surface area contributed by atoms with Gasteiger partial charge in [0.05, 0.1) is 22.5 Å². The Labute approximate surface area is 370 Å². The van der Waals surface area contributed by atoms with Gasteiger partial charge in [-0.25, -0.2) is 9.97 Å². The summed E-state index contributed by atoms with van der Waals surface area (Å²) in [5, 5.41) is 40.5. The Hall–Kier alpha value is -3.76. The van der Waals surface area contributed by atoms with Crippen LogP contribution in [0.4, 0.5) is 0 Å². The standard InChI is InChI=1S/C6H12N2.C5H10N2O.C5H10N2S.C5H10N2.C4H8N2O.C4H8N2S.2C4H6N2S/c1-6-4-3-5-8(2)7-6;2*1-5-6-7(2)3-4-8-5;1-5-3-4-7(2)6-5;2*1-4-5-6(2)3-7-4;2*1-3-5-4(2)7-6-3/h3-5H2,1-2H3;2*3-4H2,1-2H3;3-4H2,1-2H3;2*3H2,1-2H3;2*1-2H3. The highest BCUT2D eigenvalue weighted by Gasteiger charge is 2.06. The molecule has 2 aromatic rings. The molecule has 6 aliphatic heterocycles. The van der Waals surface area contributed by atoms with Gasteiger partial charge in [0.15, 0.2) is 6.73 Å². The van der Waals surface area contributed by atoms with E-state index in [0.717, 1.165) is 78.5 Å². The number of nitrogens with zero attached hydrogens (tertiary/aromatic N) is 16. The highest BCUT2D eigenvalue weighted by molar-refractivity contribution is 8.14. The van der Waals surface area contributed by atoms with E-state index in [4.69, 9.17) is 9.47 Å². The predicted molar refractivity (Wildman–Crippen MR) is 254 cm³/mol. The molecule has 2 aromatic heterocycles. The lowest BCUT2D eigenvalue weighted by molar-refractivity contribution is 0.189. The van der Waals surface area contributed by atoms with E-state index in [2.05, 4.69) is 63.2 Å². The van der Waals surface area contributed by atoms with Crippen LogP contribution < -0.4 is 0 Å². The van der Waals surface area contributed by atoms with Crippen LogP contribution in [0.25, 0.3) is 0 Å². The van der Waals surface area contributed by atoms with E-state index in [1.54, 1.807) is 16.8 Å². The average molecular weight is 899 g/mol. The summed E-state index contributed by atoms with van der Waals surface area (Å²) in [5.41, 5.74) is 2.52. The topological polar surface area (TPSA) is 164 Å². The largest absolute Gasteiger partial charge is 0.478 e. The van der Waals surface area contributed by atoms with Gasteiger partial charge >= 0.3 is 0 Å². The minimum Gasteiger partial charge on any atom is -0.478 e. The molecule has 0 saturated carbocycles. The molecule has 334 valence electrons. The van der Waals surface area contributed by atoms with Gasteiger partial charge in [0.1, 0.15) is 28.3 Å². The van der Waals surface area contributed by atoms with E-state index in [0.29, 0.717) is 6.73 Å². The van der Waals surface area contributed by atoms with E-state index < -0.39 is 0 Å². The number of thioether (sulfide) groups is 2. The lowest BCUT2D eigenvalue weighted by atomic mass is 10.2. The van der Waals surface area contributed by atoms with Crippen molar-refractivity contribution in [2.75, 3.05) is 93.4 Å². The van der Waals surface area contributed by atoms with Crippen molar-refractivity contribution in [1.82, 2.24) is 48.8 Å². The first-order valence-electron chi connectivity index (χ1n) is 19.4. The van der Waals surface area contributed by atoms with Crippen molar-refractivity contribution in [2.45, 2.75) is 88.5 Å². The minimum absolute atomic E-state index is 0.603. The minimum atomic E-state index is 0.603. The number of hydrogen-bond acceptors (Lipinski definition) is 22. The van der Waals surface area contributed by atoms with Gasteiger partial charge in [-0.3, -0.25) is 25.0 Å². The summed E-state index contributed by atoms with van der Waals surface area (Å²) in [4.78, 5) is 8.04. The van der Waals surface area contributed by atoms with Gasteiger partial charge in [0.25, 0.3) is 0 Å².